The van der Waals surface area contributed by atoms with E-state index in [1.54, 1.807) is 4.90 Å². The van der Waals surface area contributed by atoms with Crippen LogP contribution in [0.5, 0.6) is 0 Å². The Morgan fingerprint density at radius 3 is 2.59 bits per heavy atom. The van der Waals surface area contributed by atoms with E-state index in [0.29, 0.717) is 0 Å². The van der Waals surface area contributed by atoms with E-state index >= 15 is 0 Å². The highest BCUT2D eigenvalue weighted by molar-refractivity contribution is 7.12. The van der Waals surface area contributed by atoms with Gasteiger partial charge in [0.2, 0.25) is 0 Å². The number of thiophene rings is 1. The maximum atomic E-state index is 12.2. The number of anilines is 1. The highest BCUT2D eigenvalue weighted by atomic mass is 32.1. The van der Waals surface area contributed by atoms with Crippen LogP contribution in [-0.2, 0) is 0 Å². The Bertz CT molecular complexity index is 531. The van der Waals surface area contributed by atoms with Gasteiger partial charge in [0, 0.05) is 12.7 Å². The van der Waals surface area contributed by atoms with Crippen molar-refractivity contribution in [3.8, 4) is 0 Å². The molecule has 0 aliphatic heterocycles. The Labute approximate surface area is 106 Å². The summed E-state index contributed by atoms with van der Waals surface area (Å²) in [6.07, 6.45) is 0. The number of carbonyl (C=O) groups is 1. The molecular formula is C14H15NOS. The van der Waals surface area contributed by atoms with Gasteiger partial charge in [-0.25, -0.2) is 0 Å². The van der Waals surface area contributed by atoms with Crippen LogP contribution < -0.4 is 4.90 Å². The van der Waals surface area contributed by atoms with Gasteiger partial charge in [0.05, 0.1) is 4.88 Å². The van der Waals surface area contributed by atoms with Crippen molar-refractivity contribution in [1.82, 2.24) is 0 Å². The molecule has 17 heavy (non-hydrogen) atoms. The van der Waals surface area contributed by atoms with Crippen molar-refractivity contribution < 1.29 is 4.79 Å². The van der Waals surface area contributed by atoms with Crippen molar-refractivity contribution in [3.63, 3.8) is 0 Å². The molecule has 0 unspecified atom stereocenters. The summed E-state index contributed by atoms with van der Waals surface area (Å²) in [5.74, 6) is 0.0481. The van der Waals surface area contributed by atoms with Crippen molar-refractivity contribution in [3.05, 3.63) is 51.7 Å². The van der Waals surface area contributed by atoms with Crippen LogP contribution in [0.3, 0.4) is 0 Å². The predicted octanol–water partition coefficient (Wildman–Crippen LogP) is 3.64. The van der Waals surface area contributed by atoms with Crippen molar-refractivity contribution in [2.45, 2.75) is 13.8 Å². The number of carbonyl (C=O) groups excluding carboxylic acids is 1. The Morgan fingerprint density at radius 2 is 2.00 bits per heavy atom. The molecule has 0 atom stereocenters. The third-order valence-corrected chi connectivity index (χ3v) is 3.61. The lowest BCUT2D eigenvalue weighted by atomic mass is 10.1. The lowest BCUT2D eigenvalue weighted by molar-refractivity contribution is 0.0996. The molecule has 0 saturated carbocycles. The fraction of sp³-hybridized carbons (Fsp3) is 0.214. The second-order valence-electron chi connectivity index (χ2n) is 4.13. The first-order valence-electron chi connectivity index (χ1n) is 5.48. The van der Waals surface area contributed by atoms with Crippen molar-refractivity contribution in [2.24, 2.45) is 0 Å². The van der Waals surface area contributed by atoms with Crippen LogP contribution in [0.2, 0.25) is 0 Å². The Morgan fingerprint density at radius 1 is 1.24 bits per heavy atom. The number of hydrogen-bond donors (Lipinski definition) is 0. The minimum Gasteiger partial charge on any atom is -0.310 e. The van der Waals surface area contributed by atoms with E-state index in [-0.39, 0.29) is 5.91 Å². The molecule has 0 aliphatic carbocycles. The largest absolute Gasteiger partial charge is 0.310 e. The van der Waals surface area contributed by atoms with E-state index in [4.69, 9.17) is 0 Å². The molecule has 0 N–H and O–H groups in total. The molecule has 88 valence electrons. The summed E-state index contributed by atoms with van der Waals surface area (Å²) in [5.41, 5.74) is 3.30. The first kappa shape index (κ1) is 11.9. The quantitative estimate of drug-likeness (QED) is 0.791. The molecule has 0 aliphatic rings. The molecule has 1 aromatic heterocycles. The Hall–Kier alpha value is -1.61. The van der Waals surface area contributed by atoms with Gasteiger partial charge in [0.1, 0.15) is 0 Å². The van der Waals surface area contributed by atoms with E-state index in [9.17, 15) is 4.79 Å². The molecule has 1 aromatic carbocycles. The normalized spacial score (nSPS) is 10.3. The average Bonchev–Trinajstić information content (AvgIpc) is 2.80. The van der Waals surface area contributed by atoms with Crippen LogP contribution >= 0.6 is 11.3 Å². The van der Waals surface area contributed by atoms with E-state index in [1.807, 2.05) is 43.6 Å². The lowest BCUT2D eigenvalue weighted by Gasteiger charge is -2.19. The van der Waals surface area contributed by atoms with Crippen LogP contribution in [0.15, 0.2) is 35.7 Å². The van der Waals surface area contributed by atoms with Crippen LogP contribution in [0.4, 0.5) is 5.69 Å². The molecule has 0 saturated heterocycles. The van der Waals surface area contributed by atoms with Gasteiger partial charge in [0.25, 0.3) is 5.91 Å². The van der Waals surface area contributed by atoms with Crippen LogP contribution in [0.1, 0.15) is 20.8 Å². The van der Waals surface area contributed by atoms with E-state index < -0.39 is 0 Å². The number of rotatable bonds is 2. The average molecular weight is 245 g/mol. The summed E-state index contributed by atoms with van der Waals surface area (Å²) in [7, 11) is 1.82. The van der Waals surface area contributed by atoms with Crippen molar-refractivity contribution >= 4 is 22.9 Å². The number of hydrogen-bond acceptors (Lipinski definition) is 2. The van der Waals surface area contributed by atoms with Gasteiger partial charge in [-0.15, -0.1) is 11.3 Å². The number of benzene rings is 1. The zero-order chi connectivity index (χ0) is 12.4. The minimum atomic E-state index is 0.0481. The van der Waals surface area contributed by atoms with E-state index in [0.717, 1.165) is 16.1 Å². The topological polar surface area (TPSA) is 20.3 Å². The zero-order valence-electron chi connectivity index (χ0n) is 10.2. The van der Waals surface area contributed by atoms with Gasteiger partial charge in [-0.1, -0.05) is 23.8 Å². The Balaban J connectivity index is 2.31. The fourth-order valence-electron chi connectivity index (χ4n) is 1.86. The standard InChI is InChI=1S/C14H15NOS/c1-10-6-7-12(11(2)9-10)15(3)14(16)13-5-4-8-17-13/h4-9H,1-3H3. The van der Waals surface area contributed by atoms with Crippen LogP contribution in [-0.4, -0.2) is 13.0 Å². The molecule has 2 nitrogen and oxygen atoms in total. The maximum absolute atomic E-state index is 12.2. The van der Waals surface area contributed by atoms with E-state index in [2.05, 4.69) is 13.0 Å². The van der Waals surface area contributed by atoms with Gasteiger partial charge in [-0.3, -0.25) is 4.79 Å². The highest BCUT2D eigenvalue weighted by Gasteiger charge is 2.15. The predicted molar refractivity (Wildman–Crippen MR) is 73.0 cm³/mol. The van der Waals surface area contributed by atoms with Gasteiger partial charge in [-0.05, 0) is 36.9 Å². The summed E-state index contributed by atoms with van der Waals surface area (Å²) in [4.78, 5) is 14.7. The van der Waals surface area contributed by atoms with Gasteiger partial charge >= 0.3 is 0 Å². The molecular weight excluding hydrogens is 230 g/mol. The Kier molecular flexibility index (Phi) is 3.29. The molecule has 0 radical (unpaired) electrons. The summed E-state index contributed by atoms with van der Waals surface area (Å²) >= 11 is 1.47. The smallest absolute Gasteiger partial charge is 0.268 e. The summed E-state index contributed by atoms with van der Waals surface area (Å²) in [6, 6.07) is 9.87. The molecule has 1 amide bonds. The SMILES string of the molecule is Cc1ccc(N(C)C(=O)c2cccs2)c(C)c1. The fourth-order valence-corrected chi connectivity index (χ4v) is 2.56. The number of nitrogens with zero attached hydrogens (tertiary/aromatic N) is 1. The highest BCUT2D eigenvalue weighted by Crippen LogP contribution is 2.22. The first-order valence-corrected chi connectivity index (χ1v) is 6.36. The molecule has 2 rings (SSSR count). The number of amides is 1. The number of aryl methyl sites for hydroxylation is 2. The molecule has 0 fully saturated rings. The van der Waals surface area contributed by atoms with Gasteiger partial charge in [-0.2, -0.15) is 0 Å². The minimum absolute atomic E-state index is 0.0481. The van der Waals surface area contributed by atoms with Gasteiger partial charge in [0.15, 0.2) is 0 Å². The monoisotopic (exact) mass is 245 g/mol. The molecule has 0 bridgehead atoms. The summed E-state index contributed by atoms with van der Waals surface area (Å²) < 4.78 is 0. The molecule has 2 aromatic rings. The first-order chi connectivity index (χ1) is 8.09. The third-order valence-electron chi connectivity index (χ3n) is 2.75. The third kappa shape index (κ3) is 2.39. The lowest BCUT2D eigenvalue weighted by Crippen LogP contribution is -2.26. The summed E-state index contributed by atoms with van der Waals surface area (Å²) in [5, 5.41) is 1.92. The van der Waals surface area contributed by atoms with E-state index in [1.165, 1.54) is 16.9 Å². The zero-order valence-corrected chi connectivity index (χ0v) is 11.0. The van der Waals surface area contributed by atoms with Crippen LogP contribution in [0, 0.1) is 13.8 Å². The molecule has 0 spiro atoms. The summed E-state index contributed by atoms with van der Waals surface area (Å²) in [6.45, 7) is 4.08. The van der Waals surface area contributed by atoms with Crippen molar-refractivity contribution in [1.29, 1.82) is 0 Å². The van der Waals surface area contributed by atoms with Gasteiger partial charge < -0.3 is 4.90 Å². The van der Waals surface area contributed by atoms with Crippen molar-refractivity contribution in [2.75, 3.05) is 11.9 Å². The van der Waals surface area contributed by atoms with Crippen LogP contribution in [0.25, 0.3) is 0 Å². The molecule has 1 heterocycles. The maximum Gasteiger partial charge on any atom is 0.268 e. The second-order valence-corrected chi connectivity index (χ2v) is 5.08. The molecule has 3 heteroatoms. The second kappa shape index (κ2) is 4.72.